The molecule has 1 fully saturated rings. The van der Waals surface area contributed by atoms with E-state index in [4.69, 9.17) is 23.2 Å². The zero-order chi connectivity index (χ0) is 17.8. The molecular formula is C19H21Cl2N3O. The van der Waals surface area contributed by atoms with Gasteiger partial charge in [0, 0.05) is 24.5 Å². The number of nitrogens with one attached hydrogen (secondary N) is 1. The Morgan fingerprint density at radius 2 is 2.04 bits per heavy atom. The summed E-state index contributed by atoms with van der Waals surface area (Å²) in [6.07, 6.45) is 5.28. The van der Waals surface area contributed by atoms with Gasteiger partial charge in [-0.25, -0.2) is 4.98 Å². The van der Waals surface area contributed by atoms with Crippen LogP contribution in [0.3, 0.4) is 0 Å². The largest absolute Gasteiger partial charge is 0.322 e. The van der Waals surface area contributed by atoms with Gasteiger partial charge in [-0.1, -0.05) is 41.8 Å². The summed E-state index contributed by atoms with van der Waals surface area (Å²) in [6.45, 7) is 4.40. The lowest BCUT2D eigenvalue weighted by molar-refractivity contribution is 0.102. The van der Waals surface area contributed by atoms with Crippen molar-refractivity contribution < 1.29 is 4.79 Å². The summed E-state index contributed by atoms with van der Waals surface area (Å²) >= 11 is 11.7. The van der Waals surface area contributed by atoms with Crippen LogP contribution < -0.4 is 5.32 Å². The molecule has 0 radical (unpaired) electrons. The number of amides is 1. The van der Waals surface area contributed by atoms with E-state index in [1.165, 1.54) is 37.1 Å². The number of likely N-dealkylation sites (tertiary alicyclic amines) is 1. The second-order valence-electron chi connectivity index (χ2n) is 6.46. The summed E-state index contributed by atoms with van der Waals surface area (Å²) < 4.78 is 0. The van der Waals surface area contributed by atoms with Crippen molar-refractivity contribution in [3.8, 4) is 0 Å². The molecule has 25 heavy (non-hydrogen) atoms. The number of benzene rings is 1. The van der Waals surface area contributed by atoms with Crippen LogP contribution in [0.15, 0.2) is 36.5 Å². The first kappa shape index (κ1) is 18.2. The van der Waals surface area contributed by atoms with Gasteiger partial charge in [-0.15, -0.1) is 0 Å². The fourth-order valence-electron chi connectivity index (χ4n) is 3.07. The van der Waals surface area contributed by atoms with E-state index in [0.717, 1.165) is 18.8 Å². The molecular weight excluding hydrogens is 357 g/mol. The van der Waals surface area contributed by atoms with Gasteiger partial charge in [-0.2, -0.15) is 0 Å². The molecule has 1 aliphatic rings. The zero-order valence-electron chi connectivity index (χ0n) is 14.1. The minimum absolute atomic E-state index is 0.189. The fraction of sp³-hybridized carbons (Fsp3) is 0.368. The molecule has 2 heterocycles. The van der Waals surface area contributed by atoms with Crippen molar-refractivity contribution >= 4 is 34.8 Å². The minimum atomic E-state index is -0.261. The SMILES string of the molecule is CC1CCCCN1Cc1ccc(NC(=O)c2cnc(Cl)c(Cl)c2)cc1. The molecule has 0 saturated carbocycles. The molecule has 1 N–H and O–H groups in total. The van der Waals surface area contributed by atoms with Crippen molar-refractivity contribution in [1.82, 2.24) is 9.88 Å². The average Bonchev–Trinajstić information content (AvgIpc) is 2.61. The van der Waals surface area contributed by atoms with Crippen molar-refractivity contribution in [3.63, 3.8) is 0 Å². The first-order valence-corrected chi connectivity index (χ1v) is 9.24. The van der Waals surface area contributed by atoms with Crippen LogP contribution in [0.2, 0.25) is 10.2 Å². The third-order valence-corrected chi connectivity index (χ3v) is 5.28. The predicted molar refractivity (Wildman–Crippen MR) is 102 cm³/mol. The van der Waals surface area contributed by atoms with Crippen LogP contribution in [0.5, 0.6) is 0 Å². The van der Waals surface area contributed by atoms with Crippen LogP contribution in [-0.2, 0) is 6.54 Å². The van der Waals surface area contributed by atoms with Crippen molar-refractivity contribution in [2.75, 3.05) is 11.9 Å². The maximum atomic E-state index is 12.3. The van der Waals surface area contributed by atoms with Gasteiger partial charge in [0.2, 0.25) is 0 Å². The third kappa shape index (κ3) is 4.72. The molecule has 1 aromatic carbocycles. The maximum absolute atomic E-state index is 12.3. The number of aromatic nitrogens is 1. The smallest absolute Gasteiger partial charge is 0.257 e. The number of rotatable bonds is 4. The van der Waals surface area contributed by atoms with Crippen LogP contribution in [-0.4, -0.2) is 28.4 Å². The molecule has 6 heteroatoms. The van der Waals surface area contributed by atoms with E-state index >= 15 is 0 Å². The van der Waals surface area contributed by atoms with Gasteiger partial charge in [0.05, 0.1) is 10.6 Å². The molecule has 0 bridgehead atoms. The fourth-order valence-corrected chi connectivity index (χ4v) is 3.34. The van der Waals surface area contributed by atoms with Crippen molar-refractivity contribution in [2.24, 2.45) is 0 Å². The van der Waals surface area contributed by atoms with Gasteiger partial charge >= 0.3 is 0 Å². The van der Waals surface area contributed by atoms with Crippen molar-refractivity contribution in [2.45, 2.75) is 38.8 Å². The average molecular weight is 378 g/mol. The van der Waals surface area contributed by atoms with Gasteiger partial charge in [0.1, 0.15) is 5.15 Å². The molecule has 2 aromatic rings. The Morgan fingerprint density at radius 1 is 1.28 bits per heavy atom. The Bertz CT molecular complexity index is 749. The number of carbonyl (C=O) groups is 1. The second-order valence-corrected chi connectivity index (χ2v) is 7.23. The monoisotopic (exact) mass is 377 g/mol. The van der Waals surface area contributed by atoms with Crippen LogP contribution in [0, 0.1) is 0 Å². The molecule has 1 saturated heterocycles. The van der Waals surface area contributed by atoms with Crippen LogP contribution >= 0.6 is 23.2 Å². The number of hydrogen-bond donors (Lipinski definition) is 1. The summed E-state index contributed by atoms with van der Waals surface area (Å²) in [5.41, 5.74) is 2.37. The number of pyridine rings is 1. The molecule has 1 amide bonds. The normalized spacial score (nSPS) is 18.1. The summed E-state index contributed by atoms with van der Waals surface area (Å²) in [5, 5.41) is 3.30. The summed E-state index contributed by atoms with van der Waals surface area (Å²) in [7, 11) is 0. The van der Waals surface area contributed by atoms with Gasteiger partial charge in [0.25, 0.3) is 5.91 Å². The molecule has 1 aromatic heterocycles. The van der Waals surface area contributed by atoms with Crippen molar-refractivity contribution in [3.05, 3.63) is 57.8 Å². The van der Waals surface area contributed by atoms with E-state index in [9.17, 15) is 4.79 Å². The lowest BCUT2D eigenvalue weighted by atomic mass is 10.0. The molecule has 3 rings (SSSR count). The zero-order valence-corrected chi connectivity index (χ0v) is 15.6. The number of piperidine rings is 1. The Kier molecular flexibility index (Phi) is 5.94. The Labute approximate surface area is 158 Å². The highest BCUT2D eigenvalue weighted by Gasteiger charge is 2.18. The number of nitrogens with zero attached hydrogens (tertiary/aromatic N) is 2. The van der Waals surface area contributed by atoms with Gasteiger partial charge in [-0.05, 0) is 50.1 Å². The van der Waals surface area contributed by atoms with E-state index in [1.807, 2.05) is 12.1 Å². The minimum Gasteiger partial charge on any atom is -0.322 e. The molecule has 0 spiro atoms. The van der Waals surface area contributed by atoms with E-state index in [2.05, 4.69) is 34.3 Å². The van der Waals surface area contributed by atoms with Gasteiger partial charge < -0.3 is 5.32 Å². The molecule has 1 atom stereocenters. The lowest BCUT2D eigenvalue weighted by Crippen LogP contribution is -2.36. The van der Waals surface area contributed by atoms with Crippen LogP contribution in [0.25, 0.3) is 0 Å². The maximum Gasteiger partial charge on any atom is 0.257 e. The number of anilines is 1. The highest BCUT2D eigenvalue weighted by atomic mass is 35.5. The summed E-state index contributed by atoms with van der Waals surface area (Å²) in [6, 6.07) is 10.1. The molecule has 132 valence electrons. The molecule has 1 unspecified atom stereocenters. The first-order valence-electron chi connectivity index (χ1n) is 8.48. The van der Waals surface area contributed by atoms with Gasteiger partial charge in [-0.3, -0.25) is 9.69 Å². The Morgan fingerprint density at radius 3 is 2.72 bits per heavy atom. The second kappa shape index (κ2) is 8.17. The highest BCUT2D eigenvalue weighted by Crippen LogP contribution is 2.22. The first-order chi connectivity index (χ1) is 12.0. The van der Waals surface area contributed by atoms with E-state index < -0.39 is 0 Å². The van der Waals surface area contributed by atoms with E-state index in [0.29, 0.717) is 11.6 Å². The number of halogens is 2. The molecule has 1 aliphatic heterocycles. The Hall–Kier alpha value is -1.62. The number of hydrogen-bond acceptors (Lipinski definition) is 3. The quantitative estimate of drug-likeness (QED) is 0.761. The van der Waals surface area contributed by atoms with Crippen molar-refractivity contribution in [1.29, 1.82) is 0 Å². The van der Waals surface area contributed by atoms with Gasteiger partial charge in [0.15, 0.2) is 0 Å². The third-order valence-electron chi connectivity index (χ3n) is 4.60. The predicted octanol–water partition coefficient (Wildman–Crippen LogP) is 5.02. The van der Waals surface area contributed by atoms with E-state index in [-0.39, 0.29) is 16.1 Å². The standard InChI is InChI=1S/C19H21Cl2N3O/c1-13-4-2-3-9-24(13)12-14-5-7-16(8-6-14)23-19(25)15-10-17(20)18(21)22-11-15/h5-8,10-11,13H,2-4,9,12H2,1H3,(H,23,25). The van der Waals surface area contributed by atoms with E-state index in [1.54, 1.807) is 0 Å². The summed E-state index contributed by atoms with van der Waals surface area (Å²) in [5.74, 6) is -0.261. The number of carbonyl (C=O) groups excluding carboxylic acids is 1. The molecule has 4 nitrogen and oxygen atoms in total. The highest BCUT2D eigenvalue weighted by molar-refractivity contribution is 6.41. The molecule has 0 aliphatic carbocycles. The lowest BCUT2D eigenvalue weighted by Gasteiger charge is -2.33. The topological polar surface area (TPSA) is 45.2 Å². The Balaban J connectivity index is 1.62. The van der Waals surface area contributed by atoms with Crippen LogP contribution in [0.1, 0.15) is 42.1 Å². The van der Waals surface area contributed by atoms with Crippen LogP contribution in [0.4, 0.5) is 5.69 Å². The summed E-state index contributed by atoms with van der Waals surface area (Å²) in [4.78, 5) is 18.7.